The van der Waals surface area contributed by atoms with E-state index in [2.05, 4.69) is 38.4 Å². The van der Waals surface area contributed by atoms with Crippen LogP contribution in [0.25, 0.3) is 21.5 Å². The molecule has 2 aromatic heterocycles. The minimum absolute atomic E-state index is 0.0183. The molecule has 66 heavy (non-hydrogen) atoms. The van der Waals surface area contributed by atoms with Gasteiger partial charge in [-0.2, -0.15) is 0 Å². The van der Waals surface area contributed by atoms with Crippen LogP contribution in [0, 0.1) is 35.5 Å². The van der Waals surface area contributed by atoms with Gasteiger partial charge in [0.25, 0.3) is 23.6 Å². The molecule has 0 spiro atoms. The molecule has 2 aliphatic rings. The molecule has 4 aromatic rings. The Kier molecular flexibility index (Phi) is 15.6. The lowest BCUT2D eigenvalue weighted by Gasteiger charge is -2.19. The van der Waals surface area contributed by atoms with Crippen LogP contribution in [0.3, 0.4) is 0 Å². The van der Waals surface area contributed by atoms with E-state index in [9.17, 15) is 37.5 Å². The molecule has 0 saturated carbocycles. The van der Waals surface area contributed by atoms with Crippen molar-refractivity contribution >= 4 is 57.1 Å². The summed E-state index contributed by atoms with van der Waals surface area (Å²) < 4.78 is 55.6. The minimum Gasteiger partial charge on any atom is -0.496 e. The van der Waals surface area contributed by atoms with E-state index in [1.807, 2.05) is 5.92 Å². The maximum absolute atomic E-state index is 14.1. The van der Waals surface area contributed by atoms with E-state index in [1.165, 1.54) is 50.9 Å². The number of fused-ring (bicyclic) bond motifs is 2. The van der Waals surface area contributed by atoms with Crippen LogP contribution in [0.5, 0.6) is 23.3 Å². The summed E-state index contributed by atoms with van der Waals surface area (Å²) in [6.45, 7) is 8.70. The number of methoxy groups -OCH3 is 2. The molecule has 0 radical (unpaired) electrons. The fraction of sp³-hybridized carbons (Fsp3) is 0.391. The zero-order chi connectivity index (χ0) is 48.6. The third-order valence-corrected chi connectivity index (χ3v) is 10.6. The average molecular weight is 915 g/mol. The summed E-state index contributed by atoms with van der Waals surface area (Å²) >= 11 is 0. The van der Waals surface area contributed by atoms with Gasteiger partial charge in [0.15, 0.2) is 12.3 Å². The van der Waals surface area contributed by atoms with Gasteiger partial charge in [-0.3, -0.25) is 19.2 Å². The van der Waals surface area contributed by atoms with E-state index in [0.717, 1.165) is 0 Å². The molecule has 4 amide bonds. The number of primary amides is 2. The number of carboxylic acids is 1. The Morgan fingerprint density at radius 2 is 1.12 bits per heavy atom. The highest BCUT2D eigenvalue weighted by atomic mass is 19.1. The van der Waals surface area contributed by atoms with Gasteiger partial charge in [-0.15, -0.1) is 0 Å². The number of benzene rings is 2. The zero-order valence-corrected chi connectivity index (χ0v) is 37.0. The molecule has 6 rings (SSSR count). The Morgan fingerprint density at radius 1 is 0.712 bits per heavy atom. The van der Waals surface area contributed by atoms with Crippen molar-refractivity contribution in [2.45, 2.75) is 77.5 Å². The van der Waals surface area contributed by atoms with Gasteiger partial charge in [-0.25, -0.2) is 28.3 Å². The van der Waals surface area contributed by atoms with Crippen LogP contribution in [0.2, 0.25) is 0 Å². The first-order valence-corrected chi connectivity index (χ1v) is 20.5. The van der Waals surface area contributed by atoms with Crippen molar-refractivity contribution in [3.63, 3.8) is 0 Å². The largest absolute Gasteiger partial charge is 0.496 e. The third kappa shape index (κ3) is 11.3. The number of amides is 4. The van der Waals surface area contributed by atoms with E-state index in [1.54, 1.807) is 34.6 Å². The van der Waals surface area contributed by atoms with E-state index < -0.39 is 77.4 Å². The highest BCUT2D eigenvalue weighted by molar-refractivity contribution is 6.05. The molecule has 0 bridgehead atoms. The first kappa shape index (κ1) is 49.3. The number of nitrogens with two attached hydrogens (primary N) is 2. The normalized spacial score (nSPS) is 19.7. The topological polar surface area (TPSA) is 271 Å². The van der Waals surface area contributed by atoms with Crippen molar-refractivity contribution in [3.8, 4) is 46.9 Å². The van der Waals surface area contributed by atoms with Gasteiger partial charge >= 0.3 is 11.9 Å². The molecule has 6 atom stereocenters. The van der Waals surface area contributed by atoms with Crippen molar-refractivity contribution < 1.29 is 66.3 Å². The third-order valence-electron chi connectivity index (χ3n) is 10.6. The summed E-state index contributed by atoms with van der Waals surface area (Å²) in [7, 11) is 2.74. The fourth-order valence-electron chi connectivity index (χ4n) is 7.37. The first-order chi connectivity index (χ1) is 31.2. The van der Waals surface area contributed by atoms with Crippen molar-refractivity contribution in [3.05, 3.63) is 58.9 Å². The minimum atomic E-state index is -1.60. The predicted octanol–water partition coefficient (Wildman–Crippen LogP) is 3.30. The van der Waals surface area contributed by atoms with Gasteiger partial charge in [0, 0.05) is 57.6 Å². The second-order valence-corrected chi connectivity index (χ2v) is 16.0. The van der Waals surface area contributed by atoms with Crippen LogP contribution in [0.4, 0.5) is 8.78 Å². The molecular formula is C46H48F2N6O12. The Labute approximate surface area is 377 Å². The number of rotatable bonds is 12. The molecule has 4 heterocycles. The summed E-state index contributed by atoms with van der Waals surface area (Å²) in [6.07, 6.45) is 0.387. The smallest absolute Gasteiger partial charge is 0.385 e. The van der Waals surface area contributed by atoms with Crippen LogP contribution < -0.4 is 41.0 Å². The molecule has 2 aromatic carbocycles. The molecule has 20 heteroatoms. The average Bonchev–Trinajstić information content (AvgIpc) is 3.71. The lowest BCUT2D eigenvalue weighted by Crippen LogP contribution is -2.34. The summed E-state index contributed by atoms with van der Waals surface area (Å²) in [5.74, 6) is 4.33. The number of aliphatic carboxylic acids is 1. The van der Waals surface area contributed by atoms with E-state index in [0.29, 0.717) is 39.9 Å². The fourth-order valence-corrected chi connectivity index (χ4v) is 7.37. The summed E-state index contributed by atoms with van der Waals surface area (Å²) in [4.78, 5) is 78.6. The molecule has 2 aliphatic heterocycles. The second kappa shape index (κ2) is 20.8. The Hall–Kier alpha value is -7.74. The number of hydrogen-bond donors (Lipinski definition) is 5. The number of halogens is 2. The summed E-state index contributed by atoms with van der Waals surface area (Å²) in [6, 6.07) is 4.83. The number of hydrogen-bond acceptors (Lipinski definition) is 13. The number of aromatic nitrogens is 2. The quantitative estimate of drug-likeness (QED) is 0.101. The number of esters is 1. The second-order valence-electron chi connectivity index (χ2n) is 16.0. The van der Waals surface area contributed by atoms with Gasteiger partial charge < -0.3 is 50.9 Å². The lowest BCUT2D eigenvalue weighted by molar-refractivity contribution is -0.147. The van der Waals surface area contributed by atoms with Crippen LogP contribution >= 0.6 is 0 Å². The number of pyridine rings is 2. The lowest BCUT2D eigenvalue weighted by atomic mass is 9.97. The van der Waals surface area contributed by atoms with Crippen molar-refractivity contribution in [2.75, 3.05) is 27.4 Å². The molecule has 348 valence electrons. The number of alkyl halides is 2. The molecule has 18 nitrogen and oxygen atoms in total. The molecular weight excluding hydrogens is 867 g/mol. The molecule has 7 N–H and O–H groups in total. The molecule has 2 fully saturated rings. The summed E-state index contributed by atoms with van der Waals surface area (Å²) in [5, 5.41) is 15.6. The highest BCUT2D eigenvalue weighted by Crippen LogP contribution is 2.35. The molecule has 0 aliphatic carbocycles. The number of nitrogens with zero attached hydrogens (tertiary/aromatic N) is 2. The molecule has 0 unspecified atom stereocenters. The Balaban J connectivity index is 0.000000249. The van der Waals surface area contributed by atoms with Crippen molar-refractivity contribution in [1.82, 2.24) is 20.6 Å². The van der Waals surface area contributed by atoms with Crippen molar-refractivity contribution in [1.29, 1.82) is 0 Å². The van der Waals surface area contributed by atoms with Crippen LogP contribution in [0.1, 0.15) is 79.3 Å². The van der Waals surface area contributed by atoms with Gasteiger partial charge in [-0.1, -0.05) is 25.7 Å². The SMILES string of the molecule is CC[C@@H]1[C@H](F)C(=O)N[C@@H]1COc1ncc(C#CC(=O)O)c2cc(C(N)=O)c(OC)cc12.CC[C@@H]1[C@H](F)C(=O)N[C@@H]1COc1ncc(C#CC(=O)OC(C)(C)C)c2cc(C(N)=O)c(OC)cc12. The number of carbonyl (C=O) groups is 6. The maximum Gasteiger partial charge on any atom is 0.385 e. The Bertz CT molecular complexity index is 2720. The Morgan fingerprint density at radius 3 is 1.47 bits per heavy atom. The summed E-state index contributed by atoms with van der Waals surface area (Å²) in [5.41, 5.74) is 11.0. The van der Waals surface area contributed by atoms with Gasteiger partial charge in [0.2, 0.25) is 11.8 Å². The van der Waals surface area contributed by atoms with Gasteiger partial charge in [0.1, 0.15) is 30.3 Å². The first-order valence-electron chi connectivity index (χ1n) is 20.5. The number of carbonyl (C=O) groups excluding carboxylic acids is 5. The number of ether oxygens (including phenoxy) is 5. The maximum atomic E-state index is 14.1. The van der Waals surface area contributed by atoms with Crippen molar-refractivity contribution in [2.24, 2.45) is 23.3 Å². The van der Waals surface area contributed by atoms with Crippen LogP contribution in [-0.2, 0) is 23.9 Å². The predicted molar refractivity (Wildman–Crippen MR) is 233 cm³/mol. The standard InChI is InChI=1S/C25H28FN3O6.C21H20FN3O6/c1-6-14-18(29-23(32)21(14)26)12-34-24-16-10-19(33-5)17(22(27)31)9-15(16)13(11-28-24)7-8-20(30)35-25(2,3)4;1-3-11-15(25-20(29)18(11)22)9-31-21-13-7-16(30-2)14(19(23)28)6-12(13)10(8-24-21)4-5-17(26)27/h9-11,14,18,21H,6,12H2,1-5H3,(H2,27,31)(H,29,32);6-8,11,15,18H,3,9H2,1-2H3,(H2,23,28)(H,25,29)(H,26,27)/t14-,18+,21-;11-,15+,18-/m00/s1. The van der Waals surface area contributed by atoms with E-state index >= 15 is 0 Å². The molecule has 2 saturated heterocycles. The van der Waals surface area contributed by atoms with Gasteiger partial charge in [0.05, 0.1) is 48.6 Å². The number of carboxylic acid groups (broad SMARTS) is 1. The zero-order valence-electron chi connectivity index (χ0n) is 37.0. The monoisotopic (exact) mass is 914 g/mol. The van der Waals surface area contributed by atoms with Crippen LogP contribution in [-0.4, -0.2) is 108 Å². The highest BCUT2D eigenvalue weighted by Gasteiger charge is 2.43. The van der Waals surface area contributed by atoms with Crippen LogP contribution in [0.15, 0.2) is 36.7 Å². The van der Waals surface area contributed by atoms with E-state index in [4.69, 9.17) is 40.3 Å². The van der Waals surface area contributed by atoms with E-state index in [-0.39, 0.29) is 53.2 Å². The van der Waals surface area contributed by atoms with Gasteiger partial charge in [-0.05, 0) is 57.9 Å². The number of nitrogens with one attached hydrogen (secondary N) is 2.